The Morgan fingerprint density at radius 2 is 1.69 bits per heavy atom. The third kappa shape index (κ3) is 6.73. The molecule has 1 atom stereocenters. The summed E-state index contributed by atoms with van der Waals surface area (Å²) < 4.78 is 2.09. The standard InChI is InChI=1S/C32H42N8O5/c1-36-15-17-37(18-16-36)24-20-34-39(21-24)23-10-13-38(14-11-23)29(42)5-3-2-4-12-33-22-6-7-25-26(19-22)32(45)40(31(25)44)27-8-9-28(41)35-30(27)43/h6-7,19-21,23,27,33H,2-5,8-18H2,1H3,(H,35,41,43). The minimum absolute atomic E-state index is 0.0884. The predicted molar refractivity (Wildman–Crippen MR) is 167 cm³/mol. The fourth-order valence-corrected chi connectivity index (χ4v) is 6.69. The average Bonchev–Trinajstić information content (AvgIpc) is 3.63. The summed E-state index contributed by atoms with van der Waals surface area (Å²) in [5.74, 6) is -1.84. The van der Waals surface area contributed by atoms with Crippen molar-refractivity contribution in [2.75, 3.05) is 63.1 Å². The van der Waals surface area contributed by atoms with Gasteiger partial charge in [0, 0.05) is 70.5 Å². The van der Waals surface area contributed by atoms with Crippen LogP contribution in [0.4, 0.5) is 11.4 Å². The van der Waals surface area contributed by atoms with Crippen molar-refractivity contribution >= 4 is 40.9 Å². The number of likely N-dealkylation sites (tertiary alicyclic amines) is 1. The highest BCUT2D eigenvalue weighted by Crippen LogP contribution is 2.30. The van der Waals surface area contributed by atoms with Gasteiger partial charge >= 0.3 is 0 Å². The van der Waals surface area contributed by atoms with Gasteiger partial charge in [-0.05, 0) is 57.4 Å². The highest BCUT2D eigenvalue weighted by molar-refractivity contribution is 6.23. The van der Waals surface area contributed by atoms with Crippen LogP contribution in [0, 0.1) is 0 Å². The smallest absolute Gasteiger partial charge is 0.262 e. The molecule has 1 aromatic heterocycles. The number of hydrogen-bond donors (Lipinski definition) is 2. The molecule has 240 valence electrons. The second-order valence-corrected chi connectivity index (χ2v) is 12.5. The van der Waals surface area contributed by atoms with E-state index in [0.29, 0.717) is 24.7 Å². The minimum atomic E-state index is -0.975. The van der Waals surface area contributed by atoms with Gasteiger partial charge in [-0.2, -0.15) is 5.10 Å². The van der Waals surface area contributed by atoms with Crippen LogP contribution in [0.1, 0.15) is 78.1 Å². The van der Waals surface area contributed by atoms with E-state index in [1.54, 1.807) is 18.2 Å². The molecule has 13 nitrogen and oxygen atoms in total. The fraction of sp³-hybridized carbons (Fsp3) is 0.562. The van der Waals surface area contributed by atoms with Crippen LogP contribution in [0.25, 0.3) is 0 Å². The Morgan fingerprint density at radius 1 is 0.933 bits per heavy atom. The first-order valence-corrected chi connectivity index (χ1v) is 16.1. The van der Waals surface area contributed by atoms with Crippen molar-refractivity contribution in [3.8, 4) is 0 Å². The molecule has 2 aromatic rings. The number of anilines is 2. The average molecular weight is 619 g/mol. The van der Waals surface area contributed by atoms with Crippen LogP contribution in [0.15, 0.2) is 30.6 Å². The van der Waals surface area contributed by atoms with E-state index < -0.39 is 29.7 Å². The van der Waals surface area contributed by atoms with Crippen LogP contribution in [-0.4, -0.2) is 113 Å². The van der Waals surface area contributed by atoms with Crippen molar-refractivity contribution in [1.29, 1.82) is 0 Å². The molecule has 5 heterocycles. The lowest BCUT2D eigenvalue weighted by Gasteiger charge is -2.33. The lowest BCUT2D eigenvalue weighted by molar-refractivity contribution is -0.136. The number of carbonyl (C=O) groups excluding carboxylic acids is 5. The number of benzene rings is 1. The van der Waals surface area contributed by atoms with Crippen LogP contribution in [-0.2, 0) is 14.4 Å². The molecule has 0 aliphatic carbocycles. The molecule has 13 heteroatoms. The Hall–Kier alpha value is -4.26. The number of unbranched alkanes of at least 4 members (excludes halogenated alkanes) is 2. The number of fused-ring (bicyclic) bond motifs is 1. The first kappa shape index (κ1) is 30.8. The van der Waals surface area contributed by atoms with Crippen molar-refractivity contribution in [3.05, 3.63) is 41.7 Å². The normalized spacial score (nSPS) is 21.4. The summed E-state index contributed by atoms with van der Waals surface area (Å²) >= 11 is 0. The van der Waals surface area contributed by atoms with E-state index in [4.69, 9.17) is 0 Å². The number of aromatic nitrogens is 2. The van der Waals surface area contributed by atoms with Crippen molar-refractivity contribution in [2.24, 2.45) is 0 Å². The molecule has 45 heavy (non-hydrogen) atoms. The summed E-state index contributed by atoms with van der Waals surface area (Å²) in [7, 11) is 2.16. The molecule has 5 amide bonds. The molecule has 0 saturated carbocycles. The van der Waals surface area contributed by atoms with Gasteiger partial charge in [-0.25, -0.2) is 0 Å². The van der Waals surface area contributed by atoms with Crippen molar-refractivity contribution in [1.82, 2.24) is 29.8 Å². The molecule has 1 unspecified atom stereocenters. The maximum atomic E-state index is 13.0. The Balaban J connectivity index is 0.887. The zero-order valence-corrected chi connectivity index (χ0v) is 25.9. The maximum absolute atomic E-state index is 13.0. The number of nitrogens with one attached hydrogen (secondary N) is 2. The Labute approximate surface area is 262 Å². The van der Waals surface area contributed by atoms with Crippen LogP contribution in [0.5, 0.6) is 0 Å². The third-order valence-corrected chi connectivity index (χ3v) is 9.48. The van der Waals surface area contributed by atoms with Gasteiger partial charge in [-0.15, -0.1) is 0 Å². The van der Waals surface area contributed by atoms with E-state index in [1.807, 2.05) is 11.1 Å². The minimum Gasteiger partial charge on any atom is -0.385 e. The van der Waals surface area contributed by atoms with Crippen LogP contribution in [0.3, 0.4) is 0 Å². The highest BCUT2D eigenvalue weighted by Gasteiger charge is 2.44. The summed E-state index contributed by atoms with van der Waals surface area (Å²) in [4.78, 5) is 70.2. The number of piperazine rings is 1. The van der Waals surface area contributed by atoms with E-state index in [2.05, 4.69) is 43.5 Å². The summed E-state index contributed by atoms with van der Waals surface area (Å²) in [5, 5.41) is 10.2. The van der Waals surface area contributed by atoms with Crippen LogP contribution >= 0.6 is 0 Å². The van der Waals surface area contributed by atoms with E-state index in [0.717, 1.165) is 76.3 Å². The number of carbonyl (C=O) groups is 5. The molecule has 6 rings (SSSR count). The van der Waals surface area contributed by atoms with Crippen LogP contribution in [0.2, 0.25) is 0 Å². The fourth-order valence-electron chi connectivity index (χ4n) is 6.69. The number of amides is 5. The molecule has 0 radical (unpaired) electrons. The molecule has 3 saturated heterocycles. The molecule has 0 bridgehead atoms. The van der Waals surface area contributed by atoms with Crippen molar-refractivity contribution in [2.45, 2.75) is 63.5 Å². The lowest BCUT2D eigenvalue weighted by Crippen LogP contribution is -2.54. The Kier molecular flexibility index (Phi) is 9.15. The van der Waals surface area contributed by atoms with Gasteiger partial charge < -0.3 is 20.0 Å². The monoisotopic (exact) mass is 618 g/mol. The number of likely N-dealkylation sites (N-methyl/N-ethyl adjacent to an activating group) is 1. The zero-order valence-electron chi connectivity index (χ0n) is 25.9. The summed E-state index contributed by atoms with van der Waals surface area (Å²) in [6.45, 7) is 6.36. The van der Waals surface area contributed by atoms with Crippen molar-refractivity contribution < 1.29 is 24.0 Å². The molecule has 2 N–H and O–H groups in total. The highest BCUT2D eigenvalue weighted by atomic mass is 16.2. The molecular formula is C32H42N8O5. The van der Waals surface area contributed by atoms with E-state index in [-0.39, 0.29) is 29.9 Å². The van der Waals surface area contributed by atoms with E-state index in [1.165, 1.54) is 5.69 Å². The summed E-state index contributed by atoms with van der Waals surface area (Å²) in [6, 6.07) is 4.35. The predicted octanol–water partition coefficient (Wildman–Crippen LogP) is 1.87. The molecule has 0 spiro atoms. The first-order valence-electron chi connectivity index (χ1n) is 16.1. The number of hydrogen-bond acceptors (Lipinski definition) is 9. The van der Waals surface area contributed by atoms with Gasteiger partial charge in [0.05, 0.1) is 29.1 Å². The Morgan fingerprint density at radius 3 is 2.44 bits per heavy atom. The molecular weight excluding hydrogens is 576 g/mol. The van der Waals surface area contributed by atoms with Gasteiger partial charge in [0.1, 0.15) is 6.04 Å². The van der Waals surface area contributed by atoms with Gasteiger partial charge in [-0.3, -0.25) is 38.9 Å². The summed E-state index contributed by atoms with van der Waals surface area (Å²) in [6.07, 6.45) is 9.28. The van der Waals surface area contributed by atoms with E-state index >= 15 is 0 Å². The number of nitrogens with zero attached hydrogens (tertiary/aromatic N) is 6. The second-order valence-electron chi connectivity index (χ2n) is 12.5. The Bertz CT molecular complexity index is 1460. The molecule has 4 aliphatic rings. The van der Waals surface area contributed by atoms with Crippen molar-refractivity contribution in [3.63, 3.8) is 0 Å². The molecule has 4 aliphatic heterocycles. The maximum Gasteiger partial charge on any atom is 0.262 e. The molecule has 3 fully saturated rings. The zero-order chi connectivity index (χ0) is 31.5. The third-order valence-electron chi connectivity index (χ3n) is 9.48. The van der Waals surface area contributed by atoms with Gasteiger partial charge in [-0.1, -0.05) is 6.42 Å². The number of rotatable bonds is 10. The van der Waals surface area contributed by atoms with Gasteiger partial charge in [0.2, 0.25) is 17.7 Å². The quantitative estimate of drug-likeness (QED) is 0.302. The number of imide groups is 2. The summed E-state index contributed by atoms with van der Waals surface area (Å²) in [5.41, 5.74) is 2.42. The topological polar surface area (TPSA) is 140 Å². The van der Waals surface area contributed by atoms with E-state index in [9.17, 15) is 24.0 Å². The van der Waals surface area contributed by atoms with Gasteiger partial charge in [0.25, 0.3) is 11.8 Å². The lowest BCUT2D eigenvalue weighted by atomic mass is 10.0. The number of piperidine rings is 2. The first-order chi connectivity index (χ1) is 21.8. The largest absolute Gasteiger partial charge is 0.385 e. The van der Waals surface area contributed by atoms with Crippen LogP contribution < -0.4 is 15.5 Å². The van der Waals surface area contributed by atoms with Gasteiger partial charge in [0.15, 0.2) is 0 Å². The molecule has 1 aromatic carbocycles. The second kappa shape index (κ2) is 13.4. The SMILES string of the molecule is CN1CCN(c2cnn(C3CCN(C(=O)CCCCCNc4ccc5c(c4)C(=O)N(C4CCC(=O)NC4=O)C5=O)CC3)c2)CC1.